The predicted octanol–water partition coefficient (Wildman–Crippen LogP) is 2.77. The summed E-state index contributed by atoms with van der Waals surface area (Å²) in [6, 6.07) is 14.5. The first-order chi connectivity index (χ1) is 14.5. The minimum absolute atomic E-state index is 0.0223. The molecule has 0 saturated carbocycles. The van der Waals surface area contributed by atoms with Crippen LogP contribution in [-0.2, 0) is 11.3 Å². The summed E-state index contributed by atoms with van der Waals surface area (Å²) in [7, 11) is 0. The van der Waals surface area contributed by atoms with E-state index in [1.807, 2.05) is 30.3 Å². The number of nitro benzene ring substituents is 1. The molecule has 3 rings (SSSR count). The van der Waals surface area contributed by atoms with E-state index in [9.17, 15) is 19.7 Å². The summed E-state index contributed by atoms with van der Waals surface area (Å²) in [4.78, 5) is 38.1. The van der Waals surface area contributed by atoms with Crippen LogP contribution in [0.2, 0.25) is 0 Å². The number of carbonyl (C=O) groups is 2. The Bertz CT molecular complexity index is 1020. The maximum Gasteiger partial charge on any atom is 0.321 e. The summed E-state index contributed by atoms with van der Waals surface area (Å²) < 4.78 is 0. The largest absolute Gasteiger partial charge is 0.334 e. The van der Waals surface area contributed by atoms with Crippen LogP contribution in [0, 0.1) is 10.1 Å². The van der Waals surface area contributed by atoms with E-state index in [2.05, 4.69) is 31.1 Å². The van der Waals surface area contributed by atoms with Crippen molar-refractivity contribution in [2.24, 2.45) is 0 Å². The van der Waals surface area contributed by atoms with Crippen molar-refractivity contribution < 1.29 is 14.5 Å². The van der Waals surface area contributed by atoms with Crippen LogP contribution in [0.3, 0.4) is 0 Å². The smallest absolute Gasteiger partial charge is 0.321 e. The molecule has 0 aliphatic rings. The lowest BCUT2D eigenvalue weighted by Crippen LogP contribution is -2.28. The van der Waals surface area contributed by atoms with E-state index in [0.29, 0.717) is 12.2 Å². The number of aromatic amines is 1. The number of hydrogen-bond donors (Lipinski definition) is 4. The van der Waals surface area contributed by atoms with Crippen molar-refractivity contribution in [1.29, 1.82) is 0 Å². The normalized spacial score (nSPS) is 10.3. The summed E-state index contributed by atoms with van der Waals surface area (Å²) in [6.45, 7) is 0.366. The zero-order chi connectivity index (χ0) is 21.3. The van der Waals surface area contributed by atoms with Gasteiger partial charge in [0.1, 0.15) is 0 Å². The van der Waals surface area contributed by atoms with Gasteiger partial charge in [-0.1, -0.05) is 42.1 Å². The van der Waals surface area contributed by atoms with E-state index >= 15 is 0 Å². The molecule has 1 aromatic heterocycles. The van der Waals surface area contributed by atoms with Crippen molar-refractivity contribution in [3.63, 3.8) is 0 Å². The van der Waals surface area contributed by atoms with E-state index in [0.717, 1.165) is 17.3 Å². The molecule has 0 spiro atoms. The van der Waals surface area contributed by atoms with E-state index < -0.39 is 11.0 Å². The molecule has 0 saturated heterocycles. The number of rotatable bonds is 8. The maximum absolute atomic E-state index is 12.0. The summed E-state index contributed by atoms with van der Waals surface area (Å²) in [5.41, 5.74) is 1.34. The highest BCUT2D eigenvalue weighted by Crippen LogP contribution is 2.17. The first-order valence-electron chi connectivity index (χ1n) is 8.68. The third-order valence-electron chi connectivity index (χ3n) is 3.69. The number of anilines is 2. The van der Waals surface area contributed by atoms with Gasteiger partial charge in [0.2, 0.25) is 17.0 Å². The Hall–Kier alpha value is -3.93. The van der Waals surface area contributed by atoms with Crippen LogP contribution in [0.1, 0.15) is 5.56 Å². The third kappa shape index (κ3) is 6.31. The zero-order valence-corrected chi connectivity index (χ0v) is 16.3. The number of aromatic nitrogens is 3. The molecule has 0 fully saturated rings. The molecular weight excluding hydrogens is 410 g/mol. The third-order valence-corrected chi connectivity index (χ3v) is 4.53. The number of hydrogen-bond acceptors (Lipinski definition) is 7. The molecule has 1 heterocycles. The van der Waals surface area contributed by atoms with Gasteiger partial charge in [-0.15, -0.1) is 5.10 Å². The van der Waals surface area contributed by atoms with Crippen molar-refractivity contribution >= 4 is 41.0 Å². The van der Waals surface area contributed by atoms with Crippen LogP contribution in [-0.4, -0.2) is 37.8 Å². The molecule has 11 nitrogen and oxygen atoms in total. The van der Waals surface area contributed by atoms with Gasteiger partial charge in [0.05, 0.1) is 10.7 Å². The number of benzene rings is 2. The second-order valence-corrected chi connectivity index (χ2v) is 6.84. The molecule has 0 aliphatic heterocycles. The Kier molecular flexibility index (Phi) is 6.95. The fraction of sp³-hybridized carbons (Fsp3) is 0.111. The van der Waals surface area contributed by atoms with Gasteiger partial charge in [-0.05, 0) is 17.7 Å². The Balaban J connectivity index is 1.41. The van der Waals surface area contributed by atoms with Gasteiger partial charge < -0.3 is 10.6 Å². The van der Waals surface area contributed by atoms with E-state index in [1.165, 1.54) is 24.3 Å². The van der Waals surface area contributed by atoms with Gasteiger partial charge in [0.25, 0.3) is 5.69 Å². The molecule has 0 unspecified atom stereocenters. The van der Waals surface area contributed by atoms with Crippen molar-refractivity contribution in [2.45, 2.75) is 11.7 Å². The second-order valence-electron chi connectivity index (χ2n) is 5.90. The average molecular weight is 427 g/mol. The monoisotopic (exact) mass is 427 g/mol. The highest BCUT2D eigenvalue weighted by atomic mass is 32.2. The van der Waals surface area contributed by atoms with E-state index in [1.54, 1.807) is 0 Å². The second kappa shape index (κ2) is 10.0. The number of nitrogens with zero attached hydrogens (tertiary/aromatic N) is 3. The summed E-state index contributed by atoms with van der Waals surface area (Å²) in [6.07, 6.45) is 0. The molecule has 154 valence electrons. The van der Waals surface area contributed by atoms with Crippen molar-refractivity contribution in [3.05, 3.63) is 70.3 Å². The first-order valence-corrected chi connectivity index (χ1v) is 9.66. The van der Waals surface area contributed by atoms with Gasteiger partial charge in [-0.25, -0.2) is 9.89 Å². The van der Waals surface area contributed by atoms with Gasteiger partial charge in [-0.3, -0.25) is 20.2 Å². The van der Waals surface area contributed by atoms with Crippen molar-refractivity contribution in [3.8, 4) is 0 Å². The predicted molar refractivity (Wildman–Crippen MR) is 111 cm³/mol. The highest BCUT2D eigenvalue weighted by molar-refractivity contribution is 7.99. The molecule has 2 aromatic carbocycles. The quantitative estimate of drug-likeness (QED) is 0.245. The Morgan fingerprint density at radius 3 is 2.50 bits per heavy atom. The highest BCUT2D eigenvalue weighted by Gasteiger charge is 2.11. The number of carbonyl (C=O) groups excluding carboxylic acids is 2. The number of urea groups is 1. The minimum atomic E-state index is -0.516. The van der Waals surface area contributed by atoms with Crippen LogP contribution >= 0.6 is 11.8 Å². The molecule has 12 heteroatoms. The van der Waals surface area contributed by atoms with Gasteiger partial charge in [-0.2, -0.15) is 4.98 Å². The SMILES string of the molecule is O=C(CSc1n[nH]c(NC(=O)NCc2ccccc2)n1)Nc1ccc([N+](=O)[O-])cc1. The standard InChI is InChI=1S/C18H17N7O4S/c26-15(20-13-6-8-14(9-7-13)25(28)29)11-30-18-22-16(23-24-18)21-17(27)19-10-12-4-2-1-3-5-12/h1-9H,10-11H2,(H,20,26)(H3,19,21,22,23,24,27). The lowest BCUT2D eigenvalue weighted by Gasteiger charge is -2.05. The van der Waals surface area contributed by atoms with Gasteiger partial charge in [0.15, 0.2) is 0 Å². The Labute approximate surface area is 174 Å². The molecule has 3 aromatic rings. The molecule has 0 bridgehead atoms. The van der Waals surface area contributed by atoms with Crippen molar-refractivity contribution in [2.75, 3.05) is 16.4 Å². The fourth-order valence-corrected chi connectivity index (χ4v) is 2.89. The van der Waals surface area contributed by atoms with Gasteiger partial charge >= 0.3 is 6.03 Å². The lowest BCUT2D eigenvalue weighted by molar-refractivity contribution is -0.384. The molecule has 4 N–H and O–H groups in total. The lowest BCUT2D eigenvalue weighted by atomic mass is 10.2. The van der Waals surface area contributed by atoms with Gasteiger partial charge in [0, 0.05) is 24.4 Å². The Morgan fingerprint density at radius 2 is 1.80 bits per heavy atom. The summed E-state index contributed by atoms with van der Waals surface area (Å²) in [5.74, 6) is -0.151. The van der Waals surface area contributed by atoms with Crippen LogP contribution in [0.4, 0.5) is 22.1 Å². The maximum atomic E-state index is 12.0. The van der Waals surface area contributed by atoms with Crippen LogP contribution in [0.25, 0.3) is 0 Å². The number of non-ortho nitro benzene ring substituents is 1. The number of thioether (sulfide) groups is 1. The minimum Gasteiger partial charge on any atom is -0.334 e. The first kappa shape index (κ1) is 20.8. The summed E-state index contributed by atoms with van der Waals surface area (Å²) in [5, 5.41) is 25.3. The number of amides is 3. The van der Waals surface area contributed by atoms with Crippen LogP contribution in [0.5, 0.6) is 0 Å². The zero-order valence-electron chi connectivity index (χ0n) is 15.5. The molecule has 30 heavy (non-hydrogen) atoms. The fourth-order valence-electron chi connectivity index (χ4n) is 2.29. The average Bonchev–Trinajstić information content (AvgIpc) is 3.19. The summed E-state index contributed by atoms with van der Waals surface area (Å²) >= 11 is 1.07. The van der Waals surface area contributed by atoms with Crippen LogP contribution < -0.4 is 16.0 Å². The number of H-pyrrole nitrogens is 1. The van der Waals surface area contributed by atoms with E-state index in [-0.39, 0.29) is 28.5 Å². The topological polar surface area (TPSA) is 155 Å². The van der Waals surface area contributed by atoms with Crippen molar-refractivity contribution in [1.82, 2.24) is 20.5 Å². The molecule has 0 atom stereocenters. The molecular formula is C18H17N7O4S. The molecule has 0 aliphatic carbocycles. The van der Waals surface area contributed by atoms with E-state index in [4.69, 9.17) is 0 Å². The molecule has 0 radical (unpaired) electrons. The Morgan fingerprint density at radius 1 is 1.07 bits per heavy atom. The number of nitro groups is 1. The molecule has 3 amide bonds. The van der Waals surface area contributed by atoms with Crippen LogP contribution in [0.15, 0.2) is 59.8 Å². The number of nitrogens with one attached hydrogen (secondary N) is 4.